The van der Waals surface area contributed by atoms with Crippen molar-refractivity contribution in [3.05, 3.63) is 40.4 Å². The van der Waals surface area contributed by atoms with Crippen molar-refractivity contribution in [3.63, 3.8) is 0 Å². The number of halogens is 4. The fourth-order valence-electron chi connectivity index (χ4n) is 4.31. The lowest BCUT2D eigenvalue weighted by Gasteiger charge is -2.24. The highest BCUT2D eigenvalue weighted by atomic mass is 79.9. The number of alkyl halides is 3. The van der Waals surface area contributed by atoms with E-state index in [0.29, 0.717) is 0 Å². The Bertz CT molecular complexity index is 890. The summed E-state index contributed by atoms with van der Waals surface area (Å²) in [5.74, 6) is -2.86. The normalized spacial score (nSPS) is 38.4. The van der Waals surface area contributed by atoms with Crippen LogP contribution in [-0.4, -0.2) is 25.5 Å². The molecular weight excluding hydrogens is 435 g/mol. The highest BCUT2D eigenvalue weighted by Gasteiger charge is 2.73. The third-order valence-electron chi connectivity index (χ3n) is 5.60. The van der Waals surface area contributed by atoms with Gasteiger partial charge in [-0.05, 0) is 32.0 Å². The molecule has 0 N–H and O–H groups in total. The summed E-state index contributed by atoms with van der Waals surface area (Å²) in [6, 6.07) is 3.26. The number of carbonyl (C=O) groups excluding carboxylic acids is 2. The molecule has 1 aromatic carbocycles. The second kappa shape index (κ2) is 5.07. The fraction of sp³-hybridized carbons (Fsp3) is 0.412. The molecule has 4 rings (SSSR count). The number of imide groups is 1. The van der Waals surface area contributed by atoms with Crippen LogP contribution in [0.25, 0.3) is 0 Å². The topological polar surface area (TPSA) is 54.5 Å². The van der Waals surface area contributed by atoms with Gasteiger partial charge in [0.25, 0.3) is 0 Å². The van der Waals surface area contributed by atoms with Crippen LogP contribution < -0.4 is 4.90 Å². The van der Waals surface area contributed by atoms with Crippen molar-refractivity contribution in [1.29, 1.82) is 0 Å². The van der Waals surface area contributed by atoms with Crippen LogP contribution in [0.5, 0.6) is 0 Å². The zero-order chi connectivity index (χ0) is 19.2. The van der Waals surface area contributed by atoms with E-state index in [0.717, 1.165) is 11.0 Å². The van der Waals surface area contributed by atoms with E-state index in [-0.39, 0.29) is 10.2 Å². The maximum Gasteiger partial charge on any atom is 0.417 e. The number of amides is 2. The molecule has 0 aliphatic carbocycles. The summed E-state index contributed by atoms with van der Waals surface area (Å²) < 4.78 is 50.2. The molecule has 3 unspecified atom stereocenters. The number of carbonyl (C=O) groups is 2. The third-order valence-corrected chi connectivity index (χ3v) is 8.67. The van der Waals surface area contributed by atoms with Crippen molar-refractivity contribution in [2.24, 2.45) is 11.8 Å². The van der Waals surface area contributed by atoms with Gasteiger partial charge in [-0.15, -0.1) is 0 Å². The van der Waals surface area contributed by atoms with Crippen molar-refractivity contribution in [1.82, 2.24) is 0 Å². The van der Waals surface area contributed by atoms with Crippen LogP contribution in [0.2, 0.25) is 0 Å². The van der Waals surface area contributed by atoms with Gasteiger partial charge in [0, 0.05) is 15.3 Å². The number of hydrogen-bond donors (Lipinski definition) is 0. The lowest BCUT2D eigenvalue weighted by molar-refractivity contribution is -0.138. The zero-order valence-electron chi connectivity index (χ0n) is 13.6. The molecule has 5 atom stereocenters. The summed E-state index contributed by atoms with van der Waals surface area (Å²) in [5, 5.41) is 0. The number of rotatable bonds is 1. The molecule has 9 heteroatoms. The first-order valence-corrected chi connectivity index (χ1v) is 9.74. The Morgan fingerprint density at radius 3 is 2.04 bits per heavy atom. The Balaban J connectivity index is 1.82. The van der Waals surface area contributed by atoms with Gasteiger partial charge in [-0.3, -0.25) is 13.8 Å². The van der Waals surface area contributed by atoms with Crippen molar-refractivity contribution >= 4 is 44.2 Å². The SMILES string of the molecule is CC12C=CC(C)([C@H]3C(=O)N(c4ccc(Br)c(C(F)(F)F)c4)C(=O)[C@H]31)S2=O. The second-order valence-corrected chi connectivity index (χ2v) is 10.2. The first-order chi connectivity index (χ1) is 11.9. The van der Waals surface area contributed by atoms with E-state index in [2.05, 4.69) is 15.9 Å². The van der Waals surface area contributed by atoms with Gasteiger partial charge < -0.3 is 0 Å². The van der Waals surface area contributed by atoms with Crippen LogP contribution in [0.15, 0.2) is 34.8 Å². The van der Waals surface area contributed by atoms with Crippen LogP contribution in [0, 0.1) is 11.8 Å². The summed E-state index contributed by atoms with van der Waals surface area (Å²) in [5.41, 5.74) is -1.09. The molecule has 0 aromatic heterocycles. The standard InChI is InChI=1S/C17H13BrF3NO3S/c1-15-5-6-16(2,26(15)25)12-11(15)13(23)22(14(12)24)8-3-4-10(18)9(7-8)17(19,20)21/h3-7,11-12H,1-2H3/t11-,12+,15?,16?,26?. The molecule has 138 valence electrons. The minimum absolute atomic E-state index is 0.123. The van der Waals surface area contributed by atoms with Crippen molar-refractivity contribution in [3.8, 4) is 0 Å². The van der Waals surface area contributed by atoms with Gasteiger partial charge in [0.2, 0.25) is 11.8 Å². The molecule has 0 saturated carbocycles. The lowest BCUT2D eigenvalue weighted by Crippen LogP contribution is -2.41. The van der Waals surface area contributed by atoms with E-state index >= 15 is 0 Å². The minimum Gasteiger partial charge on any atom is -0.274 e. The summed E-state index contributed by atoms with van der Waals surface area (Å²) in [6.07, 6.45) is -1.24. The van der Waals surface area contributed by atoms with Gasteiger partial charge in [0.1, 0.15) is 0 Å². The maximum absolute atomic E-state index is 13.2. The van der Waals surface area contributed by atoms with Gasteiger partial charge >= 0.3 is 6.18 Å². The highest BCUT2D eigenvalue weighted by Crippen LogP contribution is 2.59. The van der Waals surface area contributed by atoms with Crippen LogP contribution in [0.3, 0.4) is 0 Å². The molecule has 0 radical (unpaired) electrons. The van der Waals surface area contributed by atoms with Crippen molar-refractivity contribution in [2.75, 3.05) is 4.90 Å². The second-order valence-electron chi connectivity index (χ2n) is 7.10. The zero-order valence-corrected chi connectivity index (χ0v) is 16.0. The van der Waals surface area contributed by atoms with Crippen molar-refractivity contribution in [2.45, 2.75) is 29.5 Å². The Kier molecular flexibility index (Phi) is 3.49. The molecule has 1 aromatic rings. The average molecular weight is 448 g/mol. The van der Waals surface area contributed by atoms with E-state index in [1.165, 1.54) is 12.1 Å². The molecule has 3 aliphatic heterocycles. The molecule has 26 heavy (non-hydrogen) atoms. The summed E-state index contributed by atoms with van der Waals surface area (Å²) in [6.45, 7) is 3.32. The third kappa shape index (κ3) is 1.98. The molecule has 3 heterocycles. The molecule has 3 aliphatic rings. The number of nitrogens with zero attached hydrogens (tertiary/aromatic N) is 1. The number of anilines is 1. The lowest BCUT2D eigenvalue weighted by atomic mass is 9.73. The van der Waals surface area contributed by atoms with E-state index in [1.807, 2.05) is 0 Å². The Morgan fingerprint density at radius 2 is 1.58 bits per heavy atom. The predicted octanol–water partition coefficient (Wildman–Crippen LogP) is 3.42. The molecule has 2 saturated heterocycles. The quantitative estimate of drug-likeness (QED) is 0.489. The van der Waals surface area contributed by atoms with Gasteiger partial charge in [-0.2, -0.15) is 13.2 Å². The minimum atomic E-state index is -4.63. The van der Waals surface area contributed by atoms with Gasteiger partial charge in [-0.1, -0.05) is 28.1 Å². The van der Waals surface area contributed by atoms with E-state index in [1.54, 1.807) is 26.0 Å². The first-order valence-electron chi connectivity index (χ1n) is 7.80. The van der Waals surface area contributed by atoms with Crippen molar-refractivity contribution < 1.29 is 27.0 Å². The molecule has 0 spiro atoms. The van der Waals surface area contributed by atoms with Crippen LogP contribution >= 0.6 is 15.9 Å². The Labute approximate surface area is 158 Å². The molecule has 2 amide bonds. The predicted molar refractivity (Wildman–Crippen MR) is 92.7 cm³/mol. The van der Waals surface area contributed by atoms with Gasteiger partial charge in [-0.25, -0.2) is 4.90 Å². The molecule has 4 nitrogen and oxygen atoms in total. The average Bonchev–Trinajstić information content (AvgIpc) is 3.01. The largest absolute Gasteiger partial charge is 0.417 e. The fourth-order valence-corrected chi connectivity index (χ4v) is 7.05. The molecule has 2 bridgehead atoms. The summed E-state index contributed by atoms with van der Waals surface area (Å²) in [7, 11) is -1.44. The highest BCUT2D eigenvalue weighted by molar-refractivity contribution is 9.10. The van der Waals surface area contributed by atoms with Crippen LogP contribution in [0.1, 0.15) is 19.4 Å². The van der Waals surface area contributed by atoms with Crippen LogP contribution in [0.4, 0.5) is 18.9 Å². The smallest absolute Gasteiger partial charge is 0.274 e. The molecular formula is C17H13BrF3NO3S. The summed E-state index contributed by atoms with van der Waals surface area (Å²) in [4.78, 5) is 26.8. The van der Waals surface area contributed by atoms with Gasteiger partial charge in [0.15, 0.2) is 0 Å². The number of fused-ring (bicyclic) bond motifs is 5. The maximum atomic E-state index is 13.2. The van der Waals surface area contributed by atoms with Crippen LogP contribution in [-0.2, 0) is 26.6 Å². The molecule has 2 fully saturated rings. The number of benzene rings is 1. The van der Waals surface area contributed by atoms with E-state index in [4.69, 9.17) is 0 Å². The Hall–Kier alpha value is -1.48. The number of hydrogen-bond acceptors (Lipinski definition) is 3. The van der Waals surface area contributed by atoms with Gasteiger partial charge in [0.05, 0.1) is 32.6 Å². The Morgan fingerprint density at radius 1 is 1.08 bits per heavy atom. The summed E-state index contributed by atoms with van der Waals surface area (Å²) >= 11 is 2.85. The van der Waals surface area contributed by atoms with E-state index < -0.39 is 55.7 Å². The monoisotopic (exact) mass is 447 g/mol. The van der Waals surface area contributed by atoms with E-state index in [9.17, 15) is 27.0 Å². The first kappa shape index (κ1) is 17.9.